The molecule has 0 radical (unpaired) electrons. The third-order valence-corrected chi connectivity index (χ3v) is 5.51. The molecule has 1 aliphatic rings. The highest BCUT2D eigenvalue weighted by Crippen LogP contribution is 2.29. The summed E-state index contributed by atoms with van der Waals surface area (Å²) < 4.78 is 0. The van der Waals surface area contributed by atoms with E-state index < -0.39 is 0 Å². The number of carbonyl (C=O) groups excluding carboxylic acids is 1. The van der Waals surface area contributed by atoms with Crippen LogP contribution in [0.2, 0.25) is 10.0 Å². The molecule has 0 aromatic heterocycles. The molecule has 0 spiro atoms. The topological polar surface area (TPSA) is 20.3 Å². The highest BCUT2D eigenvalue weighted by Gasteiger charge is 2.20. The summed E-state index contributed by atoms with van der Waals surface area (Å²) in [6, 6.07) is 14.0. The smallest absolute Gasteiger partial charge is 0.159 e. The van der Waals surface area contributed by atoms with E-state index in [1.807, 2.05) is 30.3 Å². The minimum atomic E-state index is 0.123. The van der Waals surface area contributed by atoms with E-state index in [1.165, 1.54) is 11.1 Å². The summed E-state index contributed by atoms with van der Waals surface area (Å²) in [5.74, 6) is 0.703. The summed E-state index contributed by atoms with van der Waals surface area (Å²) in [5, 5.41) is 1.22. The van der Waals surface area contributed by atoms with E-state index in [1.54, 1.807) is 6.92 Å². The van der Waals surface area contributed by atoms with Gasteiger partial charge in [-0.1, -0.05) is 53.5 Å². The Morgan fingerprint density at radius 2 is 1.71 bits per heavy atom. The van der Waals surface area contributed by atoms with Gasteiger partial charge in [0.05, 0.1) is 10.0 Å². The van der Waals surface area contributed by atoms with E-state index in [2.05, 4.69) is 17.0 Å². The van der Waals surface area contributed by atoms with Crippen molar-refractivity contribution >= 4 is 29.0 Å². The number of hydrogen-bond donors (Lipinski definition) is 0. The summed E-state index contributed by atoms with van der Waals surface area (Å²) in [5.41, 5.74) is 3.33. The number of hydrogen-bond acceptors (Lipinski definition) is 2. The number of halogens is 2. The first-order valence-corrected chi connectivity index (χ1v) is 9.05. The molecule has 0 bridgehead atoms. The maximum absolute atomic E-state index is 11.4. The van der Waals surface area contributed by atoms with Crippen molar-refractivity contribution in [2.24, 2.45) is 0 Å². The van der Waals surface area contributed by atoms with Crippen LogP contribution in [0.25, 0.3) is 0 Å². The van der Waals surface area contributed by atoms with Gasteiger partial charge in [0.1, 0.15) is 0 Å². The molecular weight excluding hydrogens is 341 g/mol. The lowest BCUT2D eigenvalue weighted by Crippen LogP contribution is -2.32. The maximum atomic E-state index is 11.4. The monoisotopic (exact) mass is 361 g/mol. The van der Waals surface area contributed by atoms with Crippen molar-refractivity contribution in [3.63, 3.8) is 0 Å². The summed E-state index contributed by atoms with van der Waals surface area (Å²) in [6.45, 7) is 4.65. The fraction of sp³-hybridized carbons (Fsp3) is 0.350. The zero-order chi connectivity index (χ0) is 17.1. The predicted octanol–water partition coefficient (Wildman–Crippen LogP) is 5.58. The van der Waals surface area contributed by atoms with Crippen LogP contribution in [-0.2, 0) is 6.54 Å². The van der Waals surface area contributed by atoms with E-state index >= 15 is 0 Å². The molecule has 1 heterocycles. The van der Waals surface area contributed by atoms with Crippen LogP contribution in [0.3, 0.4) is 0 Å². The molecule has 0 unspecified atom stereocenters. The van der Waals surface area contributed by atoms with Gasteiger partial charge in [0.15, 0.2) is 5.78 Å². The molecule has 0 aliphatic carbocycles. The van der Waals surface area contributed by atoms with E-state index in [-0.39, 0.29) is 5.78 Å². The average molecular weight is 362 g/mol. The SMILES string of the molecule is CC(=O)c1ccc(C2CCN(Cc3ccc(Cl)c(Cl)c3)CC2)cc1. The molecule has 1 fully saturated rings. The average Bonchev–Trinajstić information content (AvgIpc) is 2.59. The van der Waals surface area contributed by atoms with Crippen LogP contribution in [0, 0.1) is 0 Å². The molecule has 2 aromatic rings. The molecule has 4 heteroatoms. The van der Waals surface area contributed by atoms with Crippen LogP contribution < -0.4 is 0 Å². The number of benzene rings is 2. The van der Waals surface area contributed by atoms with Crippen LogP contribution >= 0.6 is 23.2 Å². The van der Waals surface area contributed by atoms with Gasteiger partial charge >= 0.3 is 0 Å². The summed E-state index contributed by atoms with van der Waals surface area (Å²) in [7, 11) is 0. The number of Topliss-reactive ketones (excluding diaryl/α,β-unsaturated/α-hetero) is 1. The molecule has 126 valence electrons. The molecule has 0 amide bonds. The van der Waals surface area contributed by atoms with Crippen molar-refractivity contribution in [1.82, 2.24) is 4.90 Å². The number of ketones is 1. The fourth-order valence-corrected chi connectivity index (χ4v) is 3.63. The van der Waals surface area contributed by atoms with Gasteiger partial charge in [-0.2, -0.15) is 0 Å². The number of carbonyl (C=O) groups is 1. The molecule has 24 heavy (non-hydrogen) atoms. The first-order valence-electron chi connectivity index (χ1n) is 8.30. The first-order chi connectivity index (χ1) is 11.5. The molecular formula is C20H21Cl2NO. The molecule has 0 N–H and O–H groups in total. The van der Waals surface area contributed by atoms with Crippen molar-refractivity contribution in [3.05, 3.63) is 69.2 Å². The van der Waals surface area contributed by atoms with Gasteiger partial charge in [-0.15, -0.1) is 0 Å². The Hall–Kier alpha value is -1.35. The lowest BCUT2D eigenvalue weighted by atomic mass is 9.88. The lowest BCUT2D eigenvalue weighted by Gasteiger charge is -2.32. The van der Waals surface area contributed by atoms with Gasteiger partial charge in [0.2, 0.25) is 0 Å². The summed E-state index contributed by atoms with van der Waals surface area (Å²) in [4.78, 5) is 13.8. The maximum Gasteiger partial charge on any atom is 0.159 e. The molecule has 0 saturated carbocycles. The van der Waals surface area contributed by atoms with Gasteiger partial charge in [0, 0.05) is 12.1 Å². The zero-order valence-corrected chi connectivity index (χ0v) is 15.3. The number of nitrogens with zero attached hydrogens (tertiary/aromatic N) is 1. The Kier molecular flexibility index (Phi) is 5.60. The van der Waals surface area contributed by atoms with Gasteiger partial charge < -0.3 is 0 Å². The van der Waals surface area contributed by atoms with Crippen molar-refractivity contribution in [2.45, 2.75) is 32.2 Å². The van der Waals surface area contributed by atoms with E-state index in [9.17, 15) is 4.79 Å². The van der Waals surface area contributed by atoms with Crippen LogP contribution in [0.15, 0.2) is 42.5 Å². The largest absolute Gasteiger partial charge is 0.299 e. The van der Waals surface area contributed by atoms with E-state index in [0.29, 0.717) is 16.0 Å². The molecule has 2 aromatic carbocycles. The third-order valence-electron chi connectivity index (χ3n) is 4.77. The highest BCUT2D eigenvalue weighted by atomic mass is 35.5. The molecule has 0 atom stereocenters. The molecule has 2 nitrogen and oxygen atoms in total. The Bertz CT molecular complexity index is 719. The Balaban J connectivity index is 1.57. The minimum Gasteiger partial charge on any atom is -0.299 e. The number of rotatable bonds is 4. The zero-order valence-electron chi connectivity index (χ0n) is 13.8. The Labute approximate surface area is 153 Å². The second-order valence-corrected chi connectivity index (χ2v) is 7.29. The second-order valence-electron chi connectivity index (χ2n) is 6.48. The van der Waals surface area contributed by atoms with Crippen molar-refractivity contribution in [3.8, 4) is 0 Å². The summed E-state index contributed by atoms with van der Waals surface area (Å²) in [6.07, 6.45) is 2.28. The number of piperidine rings is 1. The van der Waals surface area contributed by atoms with Gasteiger partial charge in [0.25, 0.3) is 0 Å². The van der Waals surface area contributed by atoms with E-state index in [0.717, 1.165) is 38.0 Å². The van der Waals surface area contributed by atoms with Gasteiger partial charge in [-0.3, -0.25) is 9.69 Å². The number of likely N-dealkylation sites (tertiary alicyclic amines) is 1. The first kappa shape index (κ1) is 17.5. The van der Waals surface area contributed by atoms with Crippen molar-refractivity contribution < 1.29 is 4.79 Å². The standard InChI is InChI=1S/C20H21Cl2NO/c1-14(24)16-3-5-17(6-4-16)18-8-10-23(11-9-18)13-15-2-7-19(21)20(22)12-15/h2-7,12,18H,8-11,13H2,1H3. The van der Waals surface area contributed by atoms with Crippen LogP contribution in [0.4, 0.5) is 0 Å². The van der Waals surface area contributed by atoms with Crippen LogP contribution in [0.1, 0.15) is 47.2 Å². The normalized spacial score (nSPS) is 16.3. The van der Waals surface area contributed by atoms with Crippen molar-refractivity contribution in [2.75, 3.05) is 13.1 Å². The summed E-state index contributed by atoms with van der Waals surface area (Å²) >= 11 is 12.1. The minimum absolute atomic E-state index is 0.123. The second kappa shape index (κ2) is 7.69. The van der Waals surface area contributed by atoms with E-state index in [4.69, 9.17) is 23.2 Å². The van der Waals surface area contributed by atoms with Gasteiger partial charge in [-0.05, 0) is 62.0 Å². The van der Waals surface area contributed by atoms with Crippen LogP contribution in [0.5, 0.6) is 0 Å². The third kappa shape index (κ3) is 4.18. The fourth-order valence-electron chi connectivity index (χ4n) is 3.31. The van der Waals surface area contributed by atoms with Crippen molar-refractivity contribution in [1.29, 1.82) is 0 Å². The predicted molar refractivity (Wildman–Crippen MR) is 100 cm³/mol. The molecule has 3 rings (SSSR count). The van der Waals surface area contributed by atoms with Gasteiger partial charge in [-0.25, -0.2) is 0 Å². The Morgan fingerprint density at radius 3 is 2.29 bits per heavy atom. The quantitative estimate of drug-likeness (QED) is 0.662. The van der Waals surface area contributed by atoms with Crippen LogP contribution in [-0.4, -0.2) is 23.8 Å². The lowest BCUT2D eigenvalue weighted by molar-refractivity contribution is 0.101. The highest BCUT2D eigenvalue weighted by molar-refractivity contribution is 6.42. The molecule has 1 saturated heterocycles. The Morgan fingerprint density at radius 1 is 1.04 bits per heavy atom. The molecule has 1 aliphatic heterocycles.